The summed E-state index contributed by atoms with van der Waals surface area (Å²) in [6.07, 6.45) is 1.37. The average Bonchev–Trinajstić information content (AvgIpc) is 3.42. The van der Waals surface area contributed by atoms with E-state index < -0.39 is 23.6 Å². The van der Waals surface area contributed by atoms with E-state index in [0.717, 1.165) is 5.56 Å². The molecule has 0 saturated carbocycles. The topological polar surface area (TPSA) is 109 Å². The number of hydrazine groups is 1. The van der Waals surface area contributed by atoms with E-state index in [4.69, 9.17) is 4.42 Å². The Kier molecular flexibility index (Phi) is 4.07. The molecule has 0 radical (unpaired) electrons. The highest BCUT2D eigenvalue weighted by molar-refractivity contribution is 6.31. The van der Waals surface area contributed by atoms with Crippen molar-refractivity contribution in [2.24, 2.45) is 0 Å². The summed E-state index contributed by atoms with van der Waals surface area (Å²) >= 11 is 0. The number of amides is 4. The van der Waals surface area contributed by atoms with Crippen LogP contribution in [0.5, 0.6) is 0 Å². The van der Waals surface area contributed by atoms with Crippen LogP contribution in [0.1, 0.15) is 32.0 Å². The van der Waals surface area contributed by atoms with Crippen molar-refractivity contribution in [1.82, 2.24) is 10.7 Å². The molecule has 3 heterocycles. The lowest BCUT2D eigenvalue weighted by Gasteiger charge is -2.14. The number of carbonyl (C=O) groups is 4. The molecule has 0 aliphatic carbocycles. The van der Waals surface area contributed by atoms with Crippen LogP contribution in [0.15, 0.2) is 64.6 Å². The Bertz CT molecular complexity index is 1320. The molecule has 5 rings (SSSR count). The summed E-state index contributed by atoms with van der Waals surface area (Å²) in [7, 11) is 0. The van der Waals surface area contributed by atoms with Gasteiger partial charge in [0, 0.05) is 5.56 Å². The second-order valence-electron chi connectivity index (χ2n) is 7.22. The number of nitrogens with one attached hydrogen (secondary N) is 2. The number of rotatable bonds is 3. The van der Waals surface area contributed by atoms with Gasteiger partial charge in [-0.2, -0.15) is 0 Å². The van der Waals surface area contributed by atoms with Crippen molar-refractivity contribution < 1.29 is 23.6 Å². The van der Waals surface area contributed by atoms with Gasteiger partial charge in [0.15, 0.2) is 0 Å². The first-order valence-corrected chi connectivity index (χ1v) is 9.44. The summed E-state index contributed by atoms with van der Waals surface area (Å²) < 4.78 is 5.76. The van der Waals surface area contributed by atoms with Gasteiger partial charge < -0.3 is 4.42 Å². The Morgan fingerprint density at radius 1 is 0.839 bits per heavy atom. The van der Waals surface area contributed by atoms with Crippen molar-refractivity contribution in [2.45, 2.75) is 6.92 Å². The van der Waals surface area contributed by atoms with Crippen LogP contribution in [0.4, 0.5) is 5.69 Å². The van der Waals surface area contributed by atoms with Gasteiger partial charge in [-0.1, -0.05) is 23.8 Å². The number of hydrogen-bond acceptors (Lipinski definition) is 5. The predicted octanol–water partition coefficient (Wildman–Crippen LogP) is 2.60. The molecule has 1 fully saturated rings. The van der Waals surface area contributed by atoms with Crippen LogP contribution < -0.4 is 15.8 Å². The van der Waals surface area contributed by atoms with Crippen LogP contribution in [-0.2, 0) is 9.59 Å². The summed E-state index contributed by atoms with van der Waals surface area (Å²) in [5, 5.41) is 3.43. The molecule has 2 aliphatic rings. The molecule has 152 valence electrons. The zero-order chi connectivity index (χ0) is 21.7. The Morgan fingerprint density at radius 2 is 1.58 bits per heavy atom. The predicted molar refractivity (Wildman–Crippen MR) is 111 cm³/mol. The molecule has 0 spiro atoms. The fourth-order valence-electron chi connectivity index (χ4n) is 3.48. The first-order valence-electron chi connectivity index (χ1n) is 9.44. The van der Waals surface area contributed by atoms with Crippen LogP contribution in [0, 0.1) is 6.92 Å². The SMILES string of the molecule is Cc1ccc(N2NC(=O)/C(=C\c3ccc(-c4ccc5c(c4)C(=O)NC5=O)o3)C2=O)cc1. The zero-order valence-corrected chi connectivity index (χ0v) is 16.3. The van der Waals surface area contributed by atoms with Crippen LogP contribution in [0.2, 0.25) is 0 Å². The second-order valence-corrected chi connectivity index (χ2v) is 7.22. The van der Waals surface area contributed by atoms with Crippen molar-refractivity contribution in [3.05, 3.63) is 82.6 Å². The number of benzene rings is 2. The van der Waals surface area contributed by atoms with Gasteiger partial charge in [0.2, 0.25) is 0 Å². The molecule has 2 aliphatic heterocycles. The van der Waals surface area contributed by atoms with Crippen molar-refractivity contribution >= 4 is 35.4 Å². The number of hydrogen-bond donors (Lipinski definition) is 2. The molecule has 1 saturated heterocycles. The fourth-order valence-corrected chi connectivity index (χ4v) is 3.48. The van der Waals surface area contributed by atoms with E-state index >= 15 is 0 Å². The standard InChI is InChI=1S/C23H15N3O5/c1-12-2-5-14(6-3-12)26-23(30)18(22(29)25-26)11-15-7-9-19(31-15)13-4-8-16-17(10-13)21(28)24-20(16)27/h2-11H,1H3,(H,25,29)(H,24,27,28)/b18-11+. The second kappa shape index (κ2) is 6.81. The number of anilines is 1. The summed E-state index contributed by atoms with van der Waals surface area (Å²) in [5.74, 6) is -1.17. The monoisotopic (exact) mass is 413 g/mol. The normalized spacial score (nSPS) is 16.7. The minimum atomic E-state index is -0.531. The highest BCUT2D eigenvalue weighted by atomic mass is 16.3. The lowest BCUT2D eigenvalue weighted by Crippen LogP contribution is -2.35. The Hall–Kier alpha value is -4.46. The molecule has 2 aromatic carbocycles. The van der Waals surface area contributed by atoms with Gasteiger partial charge >= 0.3 is 0 Å². The maximum absolute atomic E-state index is 12.7. The summed E-state index contributed by atoms with van der Waals surface area (Å²) in [6.45, 7) is 1.93. The van der Waals surface area contributed by atoms with E-state index in [1.807, 2.05) is 19.1 Å². The molecule has 0 atom stereocenters. The molecule has 8 nitrogen and oxygen atoms in total. The first kappa shape index (κ1) is 18.6. The van der Waals surface area contributed by atoms with E-state index in [-0.39, 0.29) is 11.1 Å². The molecule has 31 heavy (non-hydrogen) atoms. The fraction of sp³-hybridized carbons (Fsp3) is 0.0435. The van der Waals surface area contributed by atoms with Gasteiger partial charge in [-0.25, -0.2) is 5.01 Å². The maximum atomic E-state index is 12.7. The molecule has 2 N–H and O–H groups in total. The van der Waals surface area contributed by atoms with Gasteiger partial charge in [-0.05, 0) is 49.4 Å². The zero-order valence-electron chi connectivity index (χ0n) is 16.3. The minimum Gasteiger partial charge on any atom is -0.457 e. The van der Waals surface area contributed by atoms with Gasteiger partial charge in [0.05, 0.1) is 16.8 Å². The van der Waals surface area contributed by atoms with Crippen LogP contribution in [-0.4, -0.2) is 23.6 Å². The number of aryl methyl sites for hydroxylation is 1. The smallest absolute Gasteiger partial charge is 0.282 e. The lowest BCUT2D eigenvalue weighted by molar-refractivity contribution is -0.117. The van der Waals surface area contributed by atoms with Crippen LogP contribution in [0.3, 0.4) is 0 Å². The van der Waals surface area contributed by atoms with Gasteiger partial charge in [-0.3, -0.25) is 29.9 Å². The summed E-state index contributed by atoms with van der Waals surface area (Å²) in [4.78, 5) is 48.7. The Balaban J connectivity index is 1.43. The van der Waals surface area contributed by atoms with E-state index in [1.165, 1.54) is 11.1 Å². The quantitative estimate of drug-likeness (QED) is 0.390. The number of nitrogens with zero attached hydrogens (tertiary/aromatic N) is 1. The molecule has 1 aromatic heterocycles. The van der Waals surface area contributed by atoms with E-state index in [2.05, 4.69) is 10.7 Å². The van der Waals surface area contributed by atoms with Crippen LogP contribution >= 0.6 is 0 Å². The minimum absolute atomic E-state index is 0.0552. The number of fused-ring (bicyclic) bond motifs is 1. The Morgan fingerprint density at radius 3 is 2.35 bits per heavy atom. The largest absolute Gasteiger partial charge is 0.457 e. The van der Waals surface area contributed by atoms with Crippen molar-refractivity contribution in [1.29, 1.82) is 0 Å². The molecule has 4 amide bonds. The van der Waals surface area contributed by atoms with Crippen LogP contribution in [0.25, 0.3) is 17.4 Å². The molecule has 8 heteroatoms. The third kappa shape index (κ3) is 3.10. The summed E-state index contributed by atoms with van der Waals surface area (Å²) in [6, 6.07) is 15.3. The van der Waals surface area contributed by atoms with Crippen molar-refractivity contribution in [3.8, 4) is 11.3 Å². The van der Waals surface area contributed by atoms with E-state index in [9.17, 15) is 19.2 Å². The highest BCUT2D eigenvalue weighted by Crippen LogP contribution is 2.28. The molecule has 3 aromatic rings. The molecular formula is C23H15N3O5. The van der Waals surface area contributed by atoms with Gasteiger partial charge in [0.25, 0.3) is 23.6 Å². The van der Waals surface area contributed by atoms with E-state index in [0.29, 0.717) is 28.3 Å². The third-order valence-corrected chi connectivity index (χ3v) is 5.12. The Labute approximate surface area is 176 Å². The molecular weight excluding hydrogens is 398 g/mol. The first-order chi connectivity index (χ1) is 14.9. The highest BCUT2D eigenvalue weighted by Gasteiger charge is 2.34. The van der Waals surface area contributed by atoms with Crippen molar-refractivity contribution in [3.63, 3.8) is 0 Å². The number of carbonyl (C=O) groups excluding carboxylic acids is 4. The third-order valence-electron chi connectivity index (χ3n) is 5.12. The molecule has 0 unspecified atom stereocenters. The lowest BCUT2D eigenvalue weighted by atomic mass is 10.0. The van der Waals surface area contributed by atoms with Gasteiger partial charge in [-0.15, -0.1) is 0 Å². The number of furan rings is 1. The average molecular weight is 413 g/mol. The van der Waals surface area contributed by atoms with Gasteiger partial charge in [0.1, 0.15) is 17.1 Å². The van der Waals surface area contributed by atoms with Crippen molar-refractivity contribution in [2.75, 3.05) is 5.01 Å². The number of imide groups is 1. The summed E-state index contributed by atoms with van der Waals surface area (Å²) in [5.41, 5.74) is 5.26. The van der Waals surface area contributed by atoms with E-state index in [1.54, 1.807) is 42.5 Å². The maximum Gasteiger partial charge on any atom is 0.282 e. The molecule has 0 bridgehead atoms.